The average Bonchev–Trinajstić information content (AvgIpc) is 3.44. The van der Waals surface area contributed by atoms with Crippen LogP contribution >= 0.6 is 0 Å². The number of carbonyl (C=O) groups excluding carboxylic acids is 2. The number of amides is 2. The fourth-order valence-electron chi connectivity index (χ4n) is 4.44. The molecule has 5 heterocycles. The van der Waals surface area contributed by atoms with E-state index in [0.717, 1.165) is 29.3 Å². The summed E-state index contributed by atoms with van der Waals surface area (Å²) in [6, 6.07) is 7.85. The summed E-state index contributed by atoms with van der Waals surface area (Å²) in [4.78, 5) is 33.2. The molecule has 7 heteroatoms. The van der Waals surface area contributed by atoms with Crippen molar-refractivity contribution in [3.8, 4) is 0 Å². The molecular weight excluding hydrogens is 380 g/mol. The Balaban J connectivity index is 1.76. The first-order chi connectivity index (χ1) is 14.7. The number of carbonyl (C=O) groups is 2. The van der Waals surface area contributed by atoms with E-state index < -0.39 is 11.8 Å². The lowest BCUT2D eigenvalue weighted by molar-refractivity contribution is -0.122. The van der Waals surface area contributed by atoms with E-state index in [0.29, 0.717) is 22.3 Å². The van der Waals surface area contributed by atoms with Crippen molar-refractivity contribution in [3.05, 3.63) is 78.2 Å². The van der Waals surface area contributed by atoms with E-state index in [-0.39, 0.29) is 5.57 Å². The van der Waals surface area contributed by atoms with E-state index >= 15 is 0 Å². The van der Waals surface area contributed by atoms with Crippen molar-refractivity contribution in [2.45, 2.75) is 13.0 Å². The van der Waals surface area contributed by atoms with E-state index in [1.54, 1.807) is 30.9 Å². The summed E-state index contributed by atoms with van der Waals surface area (Å²) in [5.41, 5.74) is 4.55. The summed E-state index contributed by atoms with van der Waals surface area (Å²) in [5.74, 6) is -0.887. The highest BCUT2D eigenvalue weighted by molar-refractivity contribution is 6.50. The molecule has 2 aliphatic rings. The first-order valence-electron chi connectivity index (χ1n) is 9.66. The number of nitrogens with zero attached hydrogens (tertiary/aromatic N) is 2. The molecule has 0 fully saturated rings. The average molecular weight is 396 g/mol. The molecule has 0 saturated heterocycles. The molecule has 4 aromatic rings. The third kappa shape index (κ3) is 2.29. The van der Waals surface area contributed by atoms with Crippen LogP contribution in [0.2, 0.25) is 0 Å². The standard InChI is InChI=1S/C23H16N4O3/c28-22-18(19(23(29)26-22)17-12-25-10-14-5-9-30-21(14)17)16-11-24-6-8-27-7-4-13-2-1-3-15(16)20(13)27/h1-3,5-6,8-12,24H,4,7H2,(H,26,28,29). The van der Waals surface area contributed by atoms with E-state index in [2.05, 4.69) is 25.9 Å². The Morgan fingerprint density at radius 1 is 1.03 bits per heavy atom. The van der Waals surface area contributed by atoms with Gasteiger partial charge in [0.25, 0.3) is 11.8 Å². The number of aryl methyl sites for hydroxylation is 2. The van der Waals surface area contributed by atoms with Crippen molar-refractivity contribution in [1.82, 2.24) is 19.9 Å². The van der Waals surface area contributed by atoms with Crippen molar-refractivity contribution in [3.63, 3.8) is 0 Å². The van der Waals surface area contributed by atoms with Crippen molar-refractivity contribution < 1.29 is 14.0 Å². The molecular formula is C23H16N4O3. The molecule has 0 unspecified atom stereocenters. The van der Waals surface area contributed by atoms with Crippen LogP contribution in [-0.4, -0.2) is 26.3 Å². The monoisotopic (exact) mass is 396 g/mol. The highest BCUT2D eigenvalue weighted by Crippen LogP contribution is 2.37. The molecule has 0 bridgehead atoms. The van der Waals surface area contributed by atoms with Crippen LogP contribution in [0.25, 0.3) is 33.0 Å². The summed E-state index contributed by atoms with van der Waals surface area (Å²) >= 11 is 0. The third-order valence-electron chi connectivity index (χ3n) is 5.72. The van der Waals surface area contributed by atoms with Gasteiger partial charge in [-0.3, -0.25) is 19.9 Å². The molecule has 146 valence electrons. The number of aromatic nitrogens is 3. The molecule has 0 spiro atoms. The van der Waals surface area contributed by atoms with Crippen LogP contribution in [0.1, 0.15) is 16.7 Å². The Labute approximate surface area is 170 Å². The number of fused-ring (bicyclic) bond motifs is 1. The largest absolute Gasteiger partial charge is 0.464 e. The lowest BCUT2D eigenvalue weighted by atomic mass is 9.94. The van der Waals surface area contributed by atoms with Crippen LogP contribution in [0, 0.1) is 0 Å². The molecule has 2 aliphatic heterocycles. The van der Waals surface area contributed by atoms with E-state index in [9.17, 15) is 9.59 Å². The van der Waals surface area contributed by atoms with E-state index in [1.165, 1.54) is 5.56 Å². The summed E-state index contributed by atoms with van der Waals surface area (Å²) < 4.78 is 7.78. The number of rotatable bonds is 2. The number of benzene rings is 1. The van der Waals surface area contributed by atoms with Gasteiger partial charge < -0.3 is 14.0 Å². The maximum absolute atomic E-state index is 13.0. The zero-order valence-corrected chi connectivity index (χ0v) is 15.8. The maximum Gasteiger partial charge on any atom is 0.259 e. The third-order valence-corrected chi connectivity index (χ3v) is 5.72. The Morgan fingerprint density at radius 2 is 1.90 bits per heavy atom. The van der Waals surface area contributed by atoms with Gasteiger partial charge in [-0.15, -0.1) is 0 Å². The molecule has 0 radical (unpaired) electrons. The summed E-state index contributed by atoms with van der Waals surface area (Å²) in [5, 5.41) is 4.13. The summed E-state index contributed by atoms with van der Waals surface area (Å²) in [6.45, 7) is 0.866. The first-order valence-corrected chi connectivity index (χ1v) is 9.66. The fourth-order valence-corrected chi connectivity index (χ4v) is 4.44. The lowest BCUT2D eigenvalue weighted by Gasteiger charge is -2.09. The van der Waals surface area contributed by atoms with Gasteiger partial charge in [0.2, 0.25) is 0 Å². The molecule has 2 amide bonds. The number of aromatic amines is 1. The Bertz CT molecular complexity index is 1470. The summed E-state index contributed by atoms with van der Waals surface area (Å²) in [6.07, 6.45) is 11.3. The fraction of sp³-hybridized carbons (Fsp3) is 0.0870. The second-order valence-electron chi connectivity index (χ2n) is 7.36. The van der Waals surface area contributed by atoms with Gasteiger partial charge in [0.05, 0.1) is 22.9 Å². The normalized spacial score (nSPS) is 15.3. The van der Waals surface area contributed by atoms with Crippen LogP contribution in [0.4, 0.5) is 0 Å². The van der Waals surface area contributed by atoms with E-state index in [4.69, 9.17) is 4.42 Å². The number of imide groups is 1. The lowest BCUT2D eigenvalue weighted by Crippen LogP contribution is -2.22. The minimum atomic E-state index is -0.455. The van der Waals surface area contributed by atoms with Gasteiger partial charge >= 0.3 is 0 Å². The van der Waals surface area contributed by atoms with Gasteiger partial charge in [0.1, 0.15) is 5.58 Å². The number of nitrogens with one attached hydrogen (secondary N) is 2. The maximum atomic E-state index is 13.0. The molecule has 0 atom stereocenters. The van der Waals surface area contributed by atoms with Gasteiger partial charge in [0, 0.05) is 59.4 Å². The highest BCUT2D eigenvalue weighted by Gasteiger charge is 2.35. The van der Waals surface area contributed by atoms with Crippen molar-refractivity contribution >= 4 is 44.8 Å². The van der Waals surface area contributed by atoms with Gasteiger partial charge in [-0.25, -0.2) is 0 Å². The molecule has 1 aromatic carbocycles. The van der Waals surface area contributed by atoms with Gasteiger partial charge in [-0.05, 0) is 18.1 Å². The predicted octanol–water partition coefficient (Wildman–Crippen LogP) is 3.36. The molecule has 0 saturated carbocycles. The zero-order chi connectivity index (χ0) is 20.2. The zero-order valence-electron chi connectivity index (χ0n) is 15.8. The highest BCUT2D eigenvalue weighted by atomic mass is 16.3. The van der Waals surface area contributed by atoms with E-state index in [1.807, 2.05) is 24.5 Å². The first kappa shape index (κ1) is 16.8. The van der Waals surface area contributed by atoms with Gasteiger partial charge in [-0.1, -0.05) is 18.2 Å². The molecule has 3 aromatic heterocycles. The van der Waals surface area contributed by atoms with Crippen molar-refractivity contribution in [1.29, 1.82) is 0 Å². The molecule has 30 heavy (non-hydrogen) atoms. The van der Waals surface area contributed by atoms with Crippen LogP contribution in [0.3, 0.4) is 0 Å². The second-order valence-corrected chi connectivity index (χ2v) is 7.36. The topological polar surface area (TPSA) is 92.9 Å². The molecule has 7 nitrogen and oxygen atoms in total. The van der Waals surface area contributed by atoms with Crippen LogP contribution in [0.5, 0.6) is 0 Å². The number of hydrogen-bond donors (Lipinski definition) is 2. The Morgan fingerprint density at radius 3 is 2.80 bits per heavy atom. The smallest absolute Gasteiger partial charge is 0.259 e. The van der Waals surface area contributed by atoms with Crippen molar-refractivity contribution in [2.75, 3.05) is 0 Å². The second kappa shape index (κ2) is 6.18. The molecule has 2 N–H and O–H groups in total. The number of para-hydroxylation sites is 1. The molecule has 0 aliphatic carbocycles. The minimum absolute atomic E-state index is 0.271. The number of pyridine rings is 1. The predicted molar refractivity (Wildman–Crippen MR) is 112 cm³/mol. The van der Waals surface area contributed by atoms with Crippen LogP contribution in [-0.2, 0) is 22.6 Å². The quantitative estimate of drug-likeness (QED) is 0.508. The number of hydrogen-bond acceptors (Lipinski definition) is 4. The van der Waals surface area contributed by atoms with Gasteiger partial charge in [-0.2, -0.15) is 0 Å². The Kier molecular flexibility index (Phi) is 3.46. The number of H-pyrrole nitrogens is 1. The van der Waals surface area contributed by atoms with Gasteiger partial charge in [0.15, 0.2) is 0 Å². The minimum Gasteiger partial charge on any atom is -0.464 e. The van der Waals surface area contributed by atoms with Crippen molar-refractivity contribution in [2.24, 2.45) is 0 Å². The Hall–Kier alpha value is -4.13. The summed E-state index contributed by atoms with van der Waals surface area (Å²) in [7, 11) is 0. The molecule has 6 rings (SSSR count). The van der Waals surface area contributed by atoms with Crippen LogP contribution in [0.15, 0.2) is 65.9 Å². The van der Waals surface area contributed by atoms with Crippen LogP contribution < -0.4 is 5.32 Å². The number of furan rings is 1. The SMILES string of the molecule is O=C1NC(=O)C(c2cncc3ccoc23)=C1c1c[nH]ccn2c3c(cccc13)CC2.